The zero-order valence-electron chi connectivity index (χ0n) is 7.14. The number of methoxy groups -OCH3 is 1. The first-order valence-corrected chi connectivity index (χ1v) is 5.03. The van der Waals surface area contributed by atoms with E-state index in [1.807, 2.05) is 6.26 Å². The van der Waals surface area contributed by atoms with E-state index in [1.54, 1.807) is 0 Å². The second-order valence-corrected chi connectivity index (χ2v) is 3.67. The molecule has 5 heteroatoms. The van der Waals surface area contributed by atoms with Gasteiger partial charge in [-0.25, -0.2) is 0 Å². The van der Waals surface area contributed by atoms with E-state index in [4.69, 9.17) is 14.6 Å². The van der Waals surface area contributed by atoms with Crippen molar-refractivity contribution >= 4 is 11.8 Å². The van der Waals surface area contributed by atoms with Crippen molar-refractivity contribution < 1.29 is 19.7 Å². The number of aliphatic hydroxyl groups is 2. The Kier molecular flexibility index (Phi) is 3.79. The lowest BCUT2D eigenvalue weighted by Gasteiger charge is -2.15. The standard InChI is InChI=1S/C7H14O4S/c1-10-7-6(12-2)5(9)4(3-8)11-7/h4-9H,3H2,1-2H3/t4-,5-,6+,7+/m1/s1. The van der Waals surface area contributed by atoms with Gasteiger partial charge in [0.1, 0.15) is 6.10 Å². The average molecular weight is 194 g/mol. The second-order valence-electron chi connectivity index (χ2n) is 2.65. The molecule has 0 aromatic rings. The van der Waals surface area contributed by atoms with Crippen LogP contribution >= 0.6 is 11.8 Å². The molecule has 0 aliphatic carbocycles. The molecule has 1 aliphatic heterocycles. The van der Waals surface area contributed by atoms with Gasteiger partial charge in [0.05, 0.1) is 18.0 Å². The quantitative estimate of drug-likeness (QED) is 0.631. The summed E-state index contributed by atoms with van der Waals surface area (Å²) in [5, 5.41) is 18.3. The molecule has 1 fully saturated rings. The summed E-state index contributed by atoms with van der Waals surface area (Å²) in [7, 11) is 1.53. The van der Waals surface area contributed by atoms with E-state index < -0.39 is 18.5 Å². The summed E-state index contributed by atoms with van der Waals surface area (Å²) in [6.07, 6.45) is 0.317. The largest absolute Gasteiger partial charge is 0.394 e. The molecule has 1 saturated heterocycles. The van der Waals surface area contributed by atoms with Crippen molar-refractivity contribution in [3.8, 4) is 0 Å². The minimum Gasteiger partial charge on any atom is -0.394 e. The minimum absolute atomic E-state index is 0.104. The van der Waals surface area contributed by atoms with Gasteiger partial charge in [-0.2, -0.15) is 11.8 Å². The Morgan fingerprint density at radius 3 is 2.58 bits per heavy atom. The summed E-state index contributed by atoms with van der Waals surface area (Å²) in [6, 6.07) is 0. The molecule has 0 radical (unpaired) electrons. The maximum Gasteiger partial charge on any atom is 0.172 e. The number of ether oxygens (including phenoxy) is 2. The maximum absolute atomic E-state index is 9.56. The van der Waals surface area contributed by atoms with E-state index in [1.165, 1.54) is 18.9 Å². The van der Waals surface area contributed by atoms with Crippen LogP contribution in [0, 0.1) is 0 Å². The third-order valence-electron chi connectivity index (χ3n) is 1.98. The molecule has 1 heterocycles. The highest BCUT2D eigenvalue weighted by Crippen LogP contribution is 2.29. The predicted octanol–water partition coefficient (Wildman–Crippen LogP) is -0.558. The van der Waals surface area contributed by atoms with Crippen LogP contribution in [0.1, 0.15) is 0 Å². The van der Waals surface area contributed by atoms with E-state index in [9.17, 15) is 5.11 Å². The van der Waals surface area contributed by atoms with Gasteiger partial charge in [0, 0.05) is 7.11 Å². The Morgan fingerprint density at radius 1 is 1.58 bits per heavy atom. The highest BCUT2D eigenvalue weighted by atomic mass is 32.2. The lowest BCUT2D eigenvalue weighted by atomic mass is 10.2. The zero-order valence-corrected chi connectivity index (χ0v) is 7.95. The SMILES string of the molecule is CO[C@H]1O[C@H](CO)[C@@H](O)[C@@H]1SC. The highest BCUT2D eigenvalue weighted by molar-refractivity contribution is 7.99. The molecule has 0 aromatic heterocycles. The van der Waals surface area contributed by atoms with Crippen LogP contribution in [0.4, 0.5) is 0 Å². The number of rotatable bonds is 3. The van der Waals surface area contributed by atoms with E-state index in [0.717, 1.165) is 0 Å². The molecule has 1 aliphatic rings. The van der Waals surface area contributed by atoms with Gasteiger partial charge < -0.3 is 19.7 Å². The Morgan fingerprint density at radius 2 is 2.25 bits per heavy atom. The Labute approximate surface area is 75.9 Å². The molecule has 0 unspecified atom stereocenters. The summed E-state index contributed by atoms with van der Waals surface area (Å²) >= 11 is 1.48. The lowest BCUT2D eigenvalue weighted by Crippen LogP contribution is -2.31. The molecule has 0 spiro atoms. The van der Waals surface area contributed by atoms with Crippen molar-refractivity contribution in [2.24, 2.45) is 0 Å². The van der Waals surface area contributed by atoms with Crippen LogP contribution in [0.5, 0.6) is 0 Å². The van der Waals surface area contributed by atoms with Crippen LogP contribution < -0.4 is 0 Å². The van der Waals surface area contributed by atoms with Gasteiger partial charge in [0.2, 0.25) is 0 Å². The molecule has 0 bridgehead atoms. The fourth-order valence-electron chi connectivity index (χ4n) is 1.29. The van der Waals surface area contributed by atoms with E-state index in [2.05, 4.69) is 0 Å². The first kappa shape index (κ1) is 10.3. The molecule has 12 heavy (non-hydrogen) atoms. The summed E-state index contributed by atoms with van der Waals surface area (Å²) in [5.74, 6) is 0. The number of thioether (sulfide) groups is 1. The third kappa shape index (κ3) is 1.75. The Balaban J connectivity index is 2.58. The topological polar surface area (TPSA) is 58.9 Å². The van der Waals surface area contributed by atoms with Crippen LogP contribution in [0.25, 0.3) is 0 Å². The lowest BCUT2D eigenvalue weighted by molar-refractivity contribution is -0.125. The first-order chi connectivity index (χ1) is 5.74. The van der Waals surface area contributed by atoms with Gasteiger partial charge >= 0.3 is 0 Å². The first-order valence-electron chi connectivity index (χ1n) is 3.74. The molecular formula is C7H14O4S. The molecule has 2 N–H and O–H groups in total. The van der Waals surface area contributed by atoms with Crippen LogP contribution in [0.3, 0.4) is 0 Å². The fourth-order valence-corrected chi connectivity index (χ4v) is 2.15. The molecule has 0 saturated carbocycles. The maximum atomic E-state index is 9.56. The van der Waals surface area contributed by atoms with Crippen molar-refractivity contribution in [2.45, 2.75) is 23.7 Å². The molecule has 4 atom stereocenters. The van der Waals surface area contributed by atoms with Gasteiger partial charge in [-0.3, -0.25) is 0 Å². The van der Waals surface area contributed by atoms with Gasteiger partial charge in [-0.05, 0) is 6.26 Å². The highest BCUT2D eigenvalue weighted by Gasteiger charge is 2.42. The van der Waals surface area contributed by atoms with Gasteiger partial charge in [0.15, 0.2) is 6.29 Å². The Hall–Kier alpha value is 0.190. The van der Waals surface area contributed by atoms with Crippen LogP contribution in [0.2, 0.25) is 0 Å². The van der Waals surface area contributed by atoms with Gasteiger partial charge in [0.25, 0.3) is 0 Å². The smallest absolute Gasteiger partial charge is 0.172 e. The van der Waals surface area contributed by atoms with Gasteiger partial charge in [-0.1, -0.05) is 0 Å². The molecule has 4 nitrogen and oxygen atoms in total. The monoisotopic (exact) mass is 194 g/mol. The summed E-state index contributed by atoms with van der Waals surface area (Å²) in [5.41, 5.74) is 0. The van der Waals surface area contributed by atoms with Crippen molar-refractivity contribution in [2.75, 3.05) is 20.0 Å². The summed E-state index contributed by atoms with van der Waals surface area (Å²) < 4.78 is 10.2. The van der Waals surface area contributed by atoms with E-state index in [0.29, 0.717) is 0 Å². The molecule has 0 aromatic carbocycles. The molecular weight excluding hydrogens is 180 g/mol. The van der Waals surface area contributed by atoms with Crippen molar-refractivity contribution in [3.05, 3.63) is 0 Å². The average Bonchev–Trinajstić information content (AvgIpc) is 2.41. The molecule has 1 rings (SSSR count). The van der Waals surface area contributed by atoms with Gasteiger partial charge in [-0.15, -0.1) is 0 Å². The molecule has 72 valence electrons. The summed E-state index contributed by atoms with van der Waals surface area (Å²) in [4.78, 5) is 0. The molecule has 0 amide bonds. The van der Waals surface area contributed by atoms with Crippen molar-refractivity contribution in [1.29, 1.82) is 0 Å². The van der Waals surface area contributed by atoms with E-state index >= 15 is 0 Å². The van der Waals surface area contributed by atoms with E-state index in [-0.39, 0.29) is 11.9 Å². The van der Waals surface area contributed by atoms with Crippen LogP contribution in [-0.2, 0) is 9.47 Å². The number of hydrogen-bond donors (Lipinski definition) is 2. The van der Waals surface area contributed by atoms with Crippen molar-refractivity contribution in [3.63, 3.8) is 0 Å². The van der Waals surface area contributed by atoms with Crippen LogP contribution in [0.15, 0.2) is 0 Å². The zero-order chi connectivity index (χ0) is 9.14. The number of hydrogen-bond acceptors (Lipinski definition) is 5. The minimum atomic E-state index is -0.644. The summed E-state index contributed by atoms with van der Waals surface area (Å²) in [6.45, 7) is -0.169. The fraction of sp³-hybridized carbons (Fsp3) is 1.00. The Bertz CT molecular complexity index is 141. The third-order valence-corrected chi connectivity index (χ3v) is 3.02. The predicted molar refractivity (Wildman–Crippen MR) is 46.1 cm³/mol. The van der Waals surface area contributed by atoms with Crippen molar-refractivity contribution in [1.82, 2.24) is 0 Å². The second kappa shape index (κ2) is 4.43. The van der Waals surface area contributed by atoms with Crippen LogP contribution in [-0.4, -0.2) is 53.9 Å². The normalized spacial score (nSPS) is 42.0. The number of aliphatic hydroxyl groups excluding tert-OH is 2.